The number of hydrogen-bond donors (Lipinski definition) is 1. The van der Waals surface area contributed by atoms with Gasteiger partial charge in [-0.2, -0.15) is 10.1 Å². The quantitative estimate of drug-likeness (QED) is 0.385. The van der Waals surface area contributed by atoms with Crippen molar-refractivity contribution in [2.24, 2.45) is 10.8 Å². The first-order valence-electron chi connectivity index (χ1n) is 10.7. The van der Waals surface area contributed by atoms with E-state index in [-0.39, 0.29) is 0 Å². The fourth-order valence-corrected chi connectivity index (χ4v) is 4.58. The number of urea groups is 1. The lowest BCUT2D eigenvalue weighted by atomic mass is 10.2. The number of amides is 2. The first kappa shape index (κ1) is 22.7. The van der Waals surface area contributed by atoms with Gasteiger partial charge in [0.15, 0.2) is 0 Å². The minimum Gasteiger partial charge on any atom is -0.492 e. The molecule has 170 valence electrons. The average Bonchev–Trinajstić information content (AvgIpc) is 2.81. The van der Waals surface area contributed by atoms with Crippen molar-refractivity contribution in [1.29, 1.82) is 0 Å². The highest BCUT2D eigenvalue weighted by Gasteiger charge is 2.22. The van der Waals surface area contributed by atoms with E-state index in [9.17, 15) is 4.79 Å². The third-order valence-electron chi connectivity index (χ3n) is 5.07. The lowest BCUT2D eigenvalue weighted by Gasteiger charge is -2.31. The van der Waals surface area contributed by atoms with Gasteiger partial charge in [-0.3, -0.25) is 0 Å². The summed E-state index contributed by atoms with van der Waals surface area (Å²) < 4.78 is 5.78. The number of primary amides is 1. The number of anilines is 3. The summed E-state index contributed by atoms with van der Waals surface area (Å²) in [6.07, 6.45) is 1.70. The smallest absolute Gasteiger partial charge is 0.339 e. The second kappa shape index (κ2) is 10.4. The van der Waals surface area contributed by atoms with Crippen LogP contribution in [0, 0.1) is 0 Å². The van der Waals surface area contributed by atoms with Crippen LogP contribution < -0.4 is 20.4 Å². The molecule has 2 amide bonds. The standard InChI is InChI=1S/C25H27N5O2S/c1-28(2)16-17-32-20-9-7-8-19(18-20)30(25(26)31)27-14-15-29-21-10-3-5-12-23(21)33-24-13-6-4-11-22(24)29/h3-14,18H,15-17H2,1-2H3,(H2,26,31). The third kappa shape index (κ3) is 5.47. The Hall–Kier alpha value is -3.49. The lowest BCUT2D eigenvalue weighted by Crippen LogP contribution is -2.32. The number of benzene rings is 3. The zero-order valence-electron chi connectivity index (χ0n) is 18.7. The summed E-state index contributed by atoms with van der Waals surface area (Å²) >= 11 is 1.75. The monoisotopic (exact) mass is 461 g/mol. The molecular weight excluding hydrogens is 434 g/mol. The molecule has 0 bridgehead atoms. The maximum Gasteiger partial charge on any atom is 0.339 e. The molecule has 0 atom stereocenters. The van der Waals surface area contributed by atoms with Gasteiger partial charge in [0.1, 0.15) is 12.4 Å². The number of likely N-dealkylation sites (N-methyl/N-ethyl adjacent to an activating group) is 1. The minimum atomic E-state index is -0.660. The van der Waals surface area contributed by atoms with E-state index in [4.69, 9.17) is 10.5 Å². The molecule has 0 aliphatic carbocycles. The largest absolute Gasteiger partial charge is 0.492 e. The fraction of sp³-hybridized carbons (Fsp3) is 0.200. The Labute approximate surface area is 198 Å². The highest BCUT2D eigenvalue weighted by molar-refractivity contribution is 7.99. The van der Waals surface area contributed by atoms with Gasteiger partial charge in [-0.25, -0.2) is 4.79 Å². The van der Waals surface area contributed by atoms with Crippen molar-refractivity contribution in [2.45, 2.75) is 9.79 Å². The van der Waals surface area contributed by atoms with Gasteiger partial charge in [0, 0.05) is 28.6 Å². The van der Waals surface area contributed by atoms with Crippen LogP contribution in [-0.2, 0) is 0 Å². The number of hydrogen-bond acceptors (Lipinski definition) is 6. The average molecular weight is 462 g/mol. The summed E-state index contributed by atoms with van der Waals surface area (Å²) in [7, 11) is 3.97. The van der Waals surface area contributed by atoms with Crippen molar-refractivity contribution in [3.05, 3.63) is 72.8 Å². The van der Waals surface area contributed by atoms with Crippen LogP contribution in [0.1, 0.15) is 0 Å². The van der Waals surface area contributed by atoms with E-state index in [0.717, 1.165) is 17.9 Å². The molecular formula is C25H27N5O2S. The Bertz CT molecular complexity index is 1110. The number of nitrogens with zero attached hydrogens (tertiary/aromatic N) is 4. The second-order valence-electron chi connectivity index (χ2n) is 7.75. The molecule has 4 rings (SSSR count). The second-order valence-corrected chi connectivity index (χ2v) is 8.83. The van der Waals surface area contributed by atoms with E-state index >= 15 is 0 Å². The van der Waals surface area contributed by atoms with Crippen molar-refractivity contribution in [1.82, 2.24) is 4.90 Å². The Kier molecular flexibility index (Phi) is 7.16. The molecule has 0 saturated carbocycles. The first-order chi connectivity index (χ1) is 16.0. The predicted molar refractivity (Wildman–Crippen MR) is 135 cm³/mol. The summed E-state index contributed by atoms with van der Waals surface area (Å²) in [6, 6.07) is 23.1. The molecule has 2 N–H and O–H groups in total. The van der Waals surface area contributed by atoms with Crippen molar-refractivity contribution >= 4 is 41.1 Å². The number of ether oxygens (including phenoxy) is 1. The number of hydrazone groups is 1. The number of nitrogens with two attached hydrogens (primary N) is 1. The number of rotatable bonds is 8. The van der Waals surface area contributed by atoms with Crippen LogP contribution in [0.3, 0.4) is 0 Å². The van der Waals surface area contributed by atoms with Crippen molar-refractivity contribution in [3.8, 4) is 5.75 Å². The van der Waals surface area contributed by atoms with Crippen LogP contribution in [-0.4, -0.2) is 50.9 Å². The zero-order chi connectivity index (χ0) is 23.2. The van der Waals surface area contributed by atoms with E-state index in [1.807, 2.05) is 55.4 Å². The molecule has 33 heavy (non-hydrogen) atoms. The zero-order valence-corrected chi connectivity index (χ0v) is 19.5. The van der Waals surface area contributed by atoms with E-state index in [1.54, 1.807) is 30.1 Å². The van der Waals surface area contributed by atoms with Crippen molar-refractivity contribution < 1.29 is 9.53 Å². The van der Waals surface area contributed by atoms with Gasteiger partial charge >= 0.3 is 6.03 Å². The number of fused-ring (bicyclic) bond motifs is 2. The minimum absolute atomic E-state index is 0.484. The molecule has 0 spiro atoms. The molecule has 0 aromatic heterocycles. The molecule has 0 unspecified atom stereocenters. The first-order valence-corrected chi connectivity index (χ1v) is 11.5. The summed E-state index contributed by atoms with van der Waals surface area (Å²) in [6.45, 7) is 1.82. The Morgan fingerprint density at radius 2 is 1.70 bits per heavy atom. The summed E-state index contributed by atoms with van der Waals surface area (Å²) in [5, 5.41) is 5.59. The summed E-state index contributed by atoms with van der Waals surface area (Å²) in [5.74, 6) is 0.659. The van der Waals surface area contributed by atoms with Crippen LogP contribution in [0.25, 0.3) is 0 Å². The third-order valence-corrected chi connectivity index (χ3v) is 6.20. The van der Waals surface area contributed by atoms with Gasteiger partial charge in [-0.1, -0.05) is 42.1 Å². The normalized spacial score (nSPS) is 12.5. The van der Waals surface area contributed by atoms with Crippen LogP contribution in [0.2, 0.25) is 0 Å². The number of carbonyl (C=O) groups excluding carboxylic acids is 1. The molecule has 3 aromatic carbocycles. The molecule has 1 heterocycles. The molecule has 1 aliphatic heterocycles. The number of carbonyl (C=O) groups is 1. The van der Waals surface area contributed by atoms with Crippen LogP contribution in [0.15, 0.2) is 87.7 Å². The fourth-order valence-electron chi connectivity index (χ4n) is 3.48. The van der Waals surface area contributed by atoms with Gasteiger partial charge in [0.05, 0.1) is 23.6 Å². The topological polar surface area (TPSA) is 74.4 Å². The molecule has 7 nitrogen and oxygen atoms in total. The molecule has 3 aromatic rings. The molecule has 1 aliphatic rings. The maximum absolute atomic E-state index is 12.2. The van der Waals surface area contributed by atoms with Crippen molar-refractivity contribution in [2.75, 3.05) is 43.7 Å². The van der Waals surface area contributed by atoms with E-state index in [2.05, 4.69) is 34.3 Å². The molecule has 0 radical (unpaired) electrons. The van der Waals surface area contributed by atoms with Crippen LogP contribution in [0.4, 0.5) is 21.9 Å². The van der Waals surface area contributed by atoms with Gasteiger partial charge in [-0.15, -0.1) is 0 Å². The van der Waals surface area contributed by atoms with Crippen molar-refractivity contribution in [3.63, 3.8) is 0 Å². The van der Waals surface area contributed by atoms with Gasteiger partial charge in [0.25, 0.3) is 0 Å². The van der Waals surface area contributed by atoms with Crippen LogP contribution in [0.5, 0.6) is 5.75 Å². The van der Waals surface area contributed by atoms with Crippen LogP contribution >= 0.6 is 11.8 Å². The Balaban J connectivity index is 1.53. The van der Waals surface area contributed by atoms with E-state index in [0.29, 0.717) is 24.6 Å². The van der Waals surface area contributed by atoms with Gasteiger partial charge in [0.2, 0.25) is 0 Å². The number of para-hydroxylation sites is 2. The Morgan fingerprint density at radius 3 is 2.33 bits per heavy atom. The molecule has 0 saturated heterocycles. The summed E-state index contributed by atoms with van der Waals surface area (Å²) in [4.78, 5) is 18.7. The highest BCUT2D eigenvalue weighted by atomic mass is 32.2. The molecule has 0 fully saturated rings. The SMILES string of the molecule is CN(C)CCOc1cccc(N(N=CCN2c3ccccc3Sc3ccccc32)C(N)=O)c1. The van der Waals surface area contributed by atoms with Gasteiger partial charge < -0.3 is 20.3 Å². The summed E-state index contributed by atoms with van der Waals surface area (Å²) in [5.41, 5.74) is 8.40. The maximum atomic E-state index is 12.2. The lowest BCUT2D eigenvalue weighted by molar-refractivity contribution is 0.254. The van der Waals surface area contributed by atoms with E-state index < -0.39 is 6.03 Å². The molecule has 8 heteroatoms. The predicted octanol–water partition coefficient (Wildman–Crippen LogP) is 4.80. The van der Waals surface area contributed by atoms with Gasteiger partial charge in [-0.05, 0) is 50.5 Å². The highest BCUT2D eigenvalue weighted by Crippen LogP contribution is 2.47. The van der Waals surface area contributed by atoms with E-state index in [1.165, 1.54) is 14.8 Å². The Morgan fingerprint density at radius 1 is 1.03 bits per heavy atom.